The fraction of sp³-hybridized carbons (Fsp3) is 0.333. The molecule has 0 bridgehead atoms. The van der Waals surface area contributed by atoms with Gasteiger partial charge in [-0.05, 0) is 55.3 Å². The molecule has 1 aromatic rings. The molecule has 3 aliphatic rings. The minimum atomic E-state index is -0.495. The SMILES string of the molecule is N#Cc1cc(C2=CC3C=CN=CC3C(OC3CCNCC3)=C2)ccc1F. The Kier molecular flexibility index (Phi) is 4.68. The van der Waals surface area contributed by atoms with E-state index in [9.17, 15) is 4.39 Å². The summed E-state index contributed by atoms with van der Waals surface area (Å²) < 4.78 is 20.0. The zero-order chi connectivity index (χ0) is 17.9. The summed E-state index contributed by atoms with van der Waals surface area (Å²) in [7, 11) is 0. The monoisotopic (exact) mass is 349 g/mol. The van der Waals surface area contributed by atoms with Gasteiger partial charge in [0.25, 0.3) is 0 Å². The van der Waals surface area contributed by atoms with Crippen molar-refractivity contribution >= 4 is 11.8 Å². The van der Waals surface area contributed by atoms with Crippen molar-refractivity contribution in [3.8, 4) is 6.07 Å². The number of halogens is 1. The minimum absolute atomic E-state index is 0.0560. The molecule has 0 amide bonds. The number of rotatable bonds is 3. The van der Waals surface area contributed by atoms with Gasteiger partial charge in [0, 0.05) is 18.3 Å². The summed E-state index contributed by atoms with van der Waals surface area (Å²) in [6.45, 7) is 1.93. The van der Waals surface area contributed by atoms with Gasteiger partial charge in [0.2, 0.25) is 0 Å². The minimum Gasteiger partial charge on any atom is -0.494 e. The maximum absolute atomic E-state index is 13.7. The molecule has 2 unspecified atom stereocenters. The number of allylic oxidation sites excluding steroid dienone is 5. The summed E-state index contributed by atoms with van der Waals surface area (Å²) in [5.41, 5.74) is 1.83. The zero-order valence-corrected chi connectivity index (χ0v) is 14.4. The highest BCUT2D eigenvalue weighted by atomic mass is 19.1. The molecule has 4 nitrogen and oxygen atoms in total. The lowest BCUT2D eigenvalue weighted by molar-refractivity contribution is 0.0735. The topological polar surface area (TPSA) is 57.4 Å². The third-order valence-corrected chi connectivity index (χ3v) is 5.06. The molecule has 5 heteroatoms. The van der Waals surface area contributed by atoms with Crippen molar-refractivity contribution in [1.29, 1.82) is 5.26 Å². The molecule has 1 fully saturated rings. The van der Waals surface area contributed by atoms with Gasteiger partial charge in [-0.15, -0.1) is 0 Å². The summed E-state index contributed by atoms with van der Waals surface area (Å²) in [5, 5.41) is 12.5. The van der Waals surface area contributed by atoms with Gasteiger partial charge in [0.1, 0.15) is 23.7 Å². The maximum Gasteiger partial charge on any atom is 0.140 e. The lowest BCUT2D eigenvalue weighted by Gasteiger charge is -2.32. The Hall–Kier alpha value is -2.71. The Labute approximate surface area is 152 Å². The average Bonchev–Trinajstić information content (AvgIpc) is 2.69. The largest absolute Gasteiger partial charge is 0.494 e. The van der Waals surface area contributed by atoms with E-state index in [0.717, 1.165) is 42.8 Å². The lowest BCUT2D eigenvalue weighted by atomic mass is 9.82. The highest BCUT2D eigenvalue weighted by molar-refractivity contribution is 5.81. The normalized spacial score (nSPS) is 25.1. The Morgan fingerprint density at radius 1 is 1.27 bits per heavy atom. The Balaban J connectivity index is 1.67. The standard InChI is InChI=1S/C21H20FN3O/c22-20-2-1-14(9-17(20)12-23)16-10-15-3-6-25-13-19(15)21(11-16)26-18-4-7-24-8-5-18/h1-3,6,9-11,13,15,18-19,24H,4-5,7-8H2. The van der Waals surface area contributed by atoms with Crippen molar-refractivity contribution < 1.29 is 9.13 Å². The van der Waals surface area contributed by atoms with E-state index in [4.69, 9.17) is 10.00 Å². The summed E-state index contributed by atoms with van der Waals surface area (Å²) in [5.74, 6) is 0.648. The summed E-state index contributed by atoms with van der Waals surface area (Å²) in [6, 6.07) is 6.57. The fourth-order valence-corrected chi connectivity index (χ4v) is 3.63. The van der Waals surface area contributed by atoms with Crippen LogP contribution in [0.3, 0.4) is 0 Å². The van der Waals surface area contributed by atoms with Crippen molar-refractivity contribution in [2.45, 2.75) is 18.9 Å². The van der Waals surface area contributed by atoms with Crippen LogP contribution in [-0.4, -0.2) is 25.4 Å². The van der Waals surface area contributed by atoms with Crippen LogP contribution in [0.2, 0.25) is 0 Å². The van der Waals surface area contributed by atoms with E-state index in [-0.39, 0.29) is 23.5 Å². The molecule has 2 aliphatic heterocycles. The number of ether oxygens (including phenoxy) is 1. The molecule has 26 heavy (non-hydrogen) atoms. The van der Waals surface area contributed by atoms with Gasteiger partial charge in [-0.1, -0.05) is 18.2 Å². The van der Waals surface area contributed by atoms with E-state index in [0.29, 0.717) is 0 Å². The molecule has 0 aromatic heterocycles. The zero-order valence-electron chi connectivity index (χ0n) is 14.4. The van der Waals surface area contributed by atoms with Gasteiger partial charge in [-0.3, -0.25) is 4.99 Å². The second-order valence-electron chi connectivity index (χ2n) is 6.79. The van der Waals surface area contributed by atoms with Crippen molar-refractivity contribution in [2.24, 2.45) is 16.8 Å². The average molecular weight is 349 g/mol. The number of fused-ring (bicyclic) bond motifs is 1. The van der Waals surface area contributed by atoms with Crippen LogP contribution in [0.5, 0.6) is 0 Å². The quantitative estimate of drug-likeness (QED) is 0.907. The van der Waals surface area contributed by atoms with Gasteiger partial charge >= 0.3 is 0 Å². The van der Waals surface area contributed by atoms with Gasteiger partial charge in [0.15, 0.2) is 0 Å². The molecular formula is C21H20FN3O. The molecule has 1 N–H and O–H groups in total. The smallest absolute Gasteiger partial charge is 0.140 e. The van der Waals surface area contributed by atoms with Crippen molar-refractivity contribution in [2.75, 3.05) is 13.1 Å². The molecule has 1 aliphatic carbocycles. The van der Waals surface area contributed by atoms with Crippen LogP contribution in [0.1, 0.15) is 24.0 Å². The van der Waals surface area contributed by atoms with E-state index in [1.165, 1.54) is 6.07 Å². The van der Waals surface area contributed by atoms with Gasteiger partial charge < -0.3 is 10.1 Å². The summed E-state index contributed by atoms with van der Waals surface area (Å²) in [4.78, 5) is 4.28. The van der Waals surface area contributed by atoms with E-state index in [1.807, 2.05) is 18.4 Å². The number of benzene rings is 1. The molecular weight excluding hydrogens is 329 g/mol. The molecule has 4 rings (SSSR count). The van der Waals surface area contributed by atoms with Crippen LogP contribution >= 0.6 is 0 Å². The van der Waals surface area contributed by atoms with Gasteiger partial charge in [-0.2, -0.15) is 5.26 Å². The third kappa shape index (κ3) is 3.33. The highest BCUT2D eigenvalue weighted by Crippen LogP contribution is 2.36. The first-order valence-electron chi connectivity index (χ1n) is 8.95. The molecule has 1 saturated heterocycles. The molecule has 2 heterocycles. The number of hydrogen-bond donors (Lipinski definition) is 1. The number of nitriles is 1. The Morgan fingerprint density at radius 3 is 2.92 bits per heavy atom. The number of aliphatic imine (C=N–C) groups is 1. The van der Waals surface area contributed by atoms with E-state index in [2.05, 4.69) is 22.5 Å². The van der Waals surface area contributed by atoms with Crippen LogP contribution in [0.4, 0.5) is 4.39 Å². The molecule has 132 valence electrons. The number of nitrogens with zero attached hydrogens (tertiary/aromatic N) is 2. The van der Waals surface area contributed by atoms with Gasteiger partial charge in [-0.25, -0.2) is 4.39 Å². The first-order chi connectivity index (χ1) is 12.7. The van der Waals surface area contributed by atoms with Crippen LogP contribution in [0.25, 0.3) is 5.57 Å². The predicted octanol–water partition coefficient (Wildman–Crippen LogP) is 3.58. The molecule has 0 radical (unpaired) electrons. The number of piperidine rings is 1. The summed E-state index contributed by atoms with van der Waals surface area (Å²) in [6.07, 6.45) is 12.1. The van der Waals surface area contributed by atoms with E-state index >= 15 is 0 Å². The van der Waals surface area contributed by atoms with Crippen molar-refractivity contribution in [3.63, 3.8) is 0 Å². The molecule has 1 aromatic carbocycles. The Morgan fingerprint density at radius 2 is 2.12 bits per heavy atom. The van der Waals surface area contributed by atoms with Crippen LogP contribution < -0.4 is 5.32 Å². The van der Waals surface area contributed by atoms with Crippen LogP contribution in [0.15, 0.2) is 53.4 Å². The molecule has 0 spiro atoms. The third-order valence-electron chi connectivity index (χ3n) is 5.06. The van der Waals surface area contributed by atoms with Crippen LogP contribution in [0, 0.1) is 29.0 Å². The van der Waals surface area contributed by atoms with Crippen LogP contribution in [-0.2, 0) is 4.74 Å². The first-order valence-corrected chi connectivity index (χ1v) is 8.95. The number of nitrogens with one attached hydrogen (secondary N) is 1. The highest BCUT2D eigenvalue weighted by Gasteiger charge is 2.30. The first kappa shape index (κ1) is 16.7. The van der Waals surface area contributed by atoms with Crippen molar-refractivity contribution in [3.05, 3.63) is 65.3 Å². The fourth-order valence-electron chi connectivity index (χ4n) is 3.63. The summed E-state index contributed by atoms with van der Waals surface area (Å²) >= 11 is 0. The second-order valence-corrected chi connectivity index (χ2v) is 6.79. The molecule has 0 saturated carbocycles. The molecule has 2 atom stereocenters. The second kappa shape index (κ2) is 7.27. The van der Waals surface area contributed by atoms with Crippen molar-refractivity contribution in [1.82, 2.24) is 5.32 Å². The van der Waals surface area contributed by atoms with E-state index in [1.54, 1.807) is 18.3 Å². The number of hydrogen-bond acceptors (Lipinski definition) is 4. The van der Waals surface area contributed by atoms with E-state index < -0.39 is 5.82 Å². The Bertz CT molecular complexity index is 856. The predicted molar refractivity (Wildman–Crippen MR) is 98.8 cm³/mol. The maximum atomic E-state index is 13.7. The van der Waals surface area contributed by atoms with Gasteiger partial charge in [0.05, 0.1) is 11.5 Å². The lowest BCUT2D eigenvalue weighted by Crippen LogP contribution is -2.34.